The Balaban J connectivity index is 1.28. The molecule has 0 saturated heterocycles. The van der Waals surface area contributed by atoms with Gasteiger partial charge in [0.2, 0.25) is 0 Å². The Hall–Kier alpha value is -5.82. The van der Waals surface area contributed by atoms with Crippen LogP contribution in [-0.4, -0.2) is 6.71 Å². The summed E-state index contributed by atoms with van der Waals surface area (Å²) in [6.45, 7) is 29.9. The summed E-state index contributed by atoms with van der Waals surface area (Å²) in [5, 5.41) is 0. The third-order valence-corrected chi connectivity index (χ3v) is 16.8. The number of benzene rings is 8. The third kappa shape index (κ3) is 10.6. The van der Waals surface area contributed by atoms with Gasteiger partial charge in [0.15, 0.2) is 0 Å². The highest BCUT2D eigenvalue weighted by Crippen LogP contribution is 2.49. The Morgan fingerprint density at radius 2 is 0.842 bits per heavy atom. The van der Waals surface area contributed by atoms with E-state index in [1.807, 2.05) is 0 Å². The van der Waals surface area contributed by atoms with Crippen molar-refractivity contribution in [1.82, 2.24) is 0 Å². The third-order valence-electron chi connectivity index (χ3n) is 15.9. The number of unbranched alkanes of at least 4 members (excludes halogenated alkanes) is 3. The molecule has 6 heteroatoms. The number of nitrogens with zero attached hydrogens (tertiary/aromatic N) is 3. The van der Waals surface area contributed by atoms with Gasteiger partial charge < -0.3 is 14.7 Å². The molecule has 8 aromatic carbocycles. The molecular formula is C70H76BBr2N3. The molecule has 2 aliphatic rings. The van der Waals surface area contributed by atoms with Crippen LogP contribution in [0.4, 0.5) is 51.2 Å². The van der Waals surface area contributed by atoms with Crippen molar-refractivity contribution >= 4 is 106 Å². The molecule has 0 aromatic heterocycles. The minimum Gasteiger partial charge on any atom is -0.311 e. The molecule has 0 amide bonds. The van der Waals surface area contributed by atoms with Crippen molar-refractivity contribution in [3.05, 3.63) is 201 Å². The maximum atomic E-state index is 3.89. The number of anilines is 9. The van der Waals surface area contributed by atoms with E-state index in [9.17, 15) is 0 Å². The predicted octanol–water partition coefficient (Wildman–Crippen LogP) is 19.7. The first-order chi connectivity index (χ1) is 36.0. The second kappa shape index (κ2) is 20.5. The molecule has 0 fully saturated rings. The summed E-state index contributed by atoms with van der Waals surface area (Å²) >= 11 is 7.78. The van der Waals surface area contributed by atoms with E-state index in [-0.39, 0.29) is 28.4 Å². The van der Waals surface area contributed by atoms with Crippen molar-refractivity contribution in [2.75, 3.05) is 14.7 Å². The van der Waals surface area contributed by atoms with Crippen LogP contribution < -0.4 is 31.1 Å². The minimum absolute atomic E-state index is 0.0215. The molecule has 8 aromatic rings. The molecule has 0 atom stereocenters. The molecule has 0 bridgehead atoms. The Morgan fingerprint density at radius 3 is 1.34 bits per heavy atom. The Labute approximate surface area is 473 Å². The molecule has 2 heterocycles. The average molecular weight is 1130 g/mol. The van der Waals surface area contributed by atoms with Crippen molar-refractivity contribution < 1.29 is 0 Å². The molecule has 388 valence electrons. The van der Waals surface area contributed by atoms with Gasteiger partial charge in [-0.2, -0.15) is 0 Å². The zero-order valence-corrected chi connectivity index (χ0v) is 50.5. The lowest BCUT2D eigenvalue weighted by Crippen LogP contribution is -2.61. The zero-order valence-electron chi connectivity index (χ0n) is 47.3. The van der Waals surface area contributed by atoms with Crippen LogP contribution in [0.2, 0.25) is 0 Å². The smallest absolute Gasteiger partial charge is 0.252 e. The molecule has 2 aliphatic heterocycles. The van der Waals surface area contributed by atoms with E-state index in [0.29, 0.717) is 0 Å². The summed E-state index contributed by atoms with van der Waals surface area (Å²) in [7, 11) is 0. The summed E-state index contributed by atoms with van der Waals surface area (Å²) in [5.41, 5.74) is 23.3. The predicted molar refractivity (Wildman–Crippen MR) is 339 cm³/mol. The van der Waals surface area contributed by atoms with Crippen LogP contribution in [0.15, 0.2) is 173 Å². The van der Waals surface area contributed by atoms with E-state index in [1.165, 1.54) is 92.6 Å². The quantitative estimate of drug-likeness (QED) is 0.0944. The summed E-state index contributed by atoms with van der Waals surface area (Å²) < 4.78 is 2.06. The Morgan fingerprint density at radius 1 is 0.395 bits per heavy atom. The van der Waals surface area contributed by atoms with E-state index >= 15 is 0 Å². The topological polar surface area (TPSA) is 9.72 Å². The van der Waals surface area contributed by atoms with Gasteiger partial charge in [0.1, 0.15) is 0 Å². The molecule has 76 heavy (non-hydrogen) atoms. The van der Waals surface area contributed by atoms with Crippen LogP contribution in [-0.2, 0) is 28.1 Å². The fourth-order valence-electron chi connectivity index (χ4n) is 11.4. The normalized spacial score (nSPS) is 13.4. The summed E-state index contributed by atoms with van der Waals surface area (Å²) in [6, 6.07) is 63.6. The second-order valence-electron chi connectivity index (χ2n) is 25.7. The largest absolute Gasteiger partial charge is 0.311 e. The molecule has 10 rings (SSSR count). The molecule has 0 spiro atoms. The van der Waals surface area contributed by atoms with Crippen LogP contribution in [0, 0.1) is 0 Å². The minimum atomic E-state index is -0.0630. The monoisotopic (exact) mass is 1130 g/mol. The lowest BCUT2D eigenvalue weighted by molar-refractivity contribution is 0.590. The van der Waals surface area contributed by atoms with E-state index in [4.69, 9.17) is 0 Å². The van der Waals surface area contributed by atoms with Gasteiger partial charge in [-0.15, -0.1) is 0 Å². The van der Waals surface area contributed by atoms with Gasteiger partial charge in [0, 0.05) is 60.1 Å². The average Bonchev–Trinajstić information content (AvgIpc) is 3.48. The fourth-order valence-corrected chi connectivity index (χ4v) is 12.7. The number of hydrogen-bond donors (Lipinski definition) is 0. The van der Waals surface area contributed by atoms with Crippen molar-refractivity contribution in [2.24, 2.45) is 0 Å². The highest BCUT2D eigenvalue weighted by molar-refractivity contribution is 9.11. The Bertz CT molecular complexity index is 3330. The second-order valence-corrected chi connectivity index (χ2v) is 27.5. The first-order valence-corrected chi connectivity index (χ1v) is 29.3. The molecule has 0 radical (unpaired) electrons. The number of aryl methyl sites for hydroxylation is 1. The van der Waals surface area contributed by atoms with Crippen molar-refractivity contribution in [3.8, 4) is 11.1 Å². The maximum absolute atomic E-state index is 3.89. The molecule has 3 nitrogen and oxygen atoms in total. The number of hydrogen-bond acceptors (Lipinski definition) is 3. The van der Waals surface area contributed by atoms with Crippen LogP contribution in [0.1, 0.15) is 144 Å². The molecule has 0 unspecified atom stereocenters. The summed E-state index contributed by atoms with van der Waals surface area (Å²) in [4.78, 5) is 7.61. The molecule has 0 aliphatic carbocycles. The lowest BCUT2D eigenvalue weighted by Gasteiger charge is -2.45. The molecule has 0 N–H and O–H groups in total. The van der Waals surface area contributed by atoms with Crippen molar-refractivity contribution in [2.45, 2.75) is 144 Å². The van der Waals surface area contributed by atoms with Gasteiger partial charge in [-0.05, 0) is 187 Å². The van der Waals surface area contributed by atoms with Gasteiger partial charge in [0.05, 0.1) is 0 Å². The van der Waals surface area contributed by atoms with Crippen LogP contribution >= 0.6 is 31.9 Å². The van der Waals surface area contributed by atoms with Gasteiger partial charge in [0.25, 0.3) is 6.71 Å². The summed E-state index contributed by atoms with van der Waals surface area (Å²) in [5.74, 6) is 0. The number of rotatable bonds is 11. The van der Waals surface area contributed by atoms with Gasteiger partial charge in [-0.3, -0.25) is 0 Å². The number of halogens is 2. The molecule has 0 saturated carbocycles. The standard InChI is InChI=1S/C70H76BBr2N3/c1-14-15-16-17-18-46-19-28-57(29-20-46)76-63-45-59(74(55-30-21-49(22-31-55)67(2,3)4)56-32-23-50(24-33-56)68(5,6)7)36-37-60(63)71-61-43-52(70(11,12)13)27-38-62(61)75(58-34-25-51(26-35-58)69(8,9)10)64-41-48(42-65(76)66(64)71)47-39-53(72)44-54(73)40-47/h19-45H,14-18H2,1-13H3. The SMILES string of the molecule is CCCCCCc1ccc(N2c3cc(N(c4ccc(C(C)(C)C)cc4)c4ccc(C(C)(C)C)cc4)ccc3B3c4cc(C(C)(C)C)ccc4N(c4ccc(C(C)(C)C)cc4)c4cc(-c5cc(Br)cc(Br)c5)cc2c43)cc1. The van der Waals surface area contributed by atoms with Crippen molar-refractivity contribution in [3.63, 3.8) is 0 Å². The Kier molecular flexibility index (Phi) is 14.5. The van der Waals surface area contributed by atoms with Crippen molar-refractivity contribution in [1.29, 1.82) is 0 Å². The maximum Gasteiger partial charge on any atom is 0.252 e. The van der Waals surface area contributed by atoms with E-state index in [0.717, 1.165) is 54.9 Å². The van der Waals surface area contributed by atoms with Gasteiger partial charge in [-0.25, -0.2) is 0 Å². The van der Waals surface area contributed by atoms with E-state index in [1.54, 1.807) is 0 Å². The highest BCUT2D eigenvalue weighted by Gasteiger charge is 2.44. The fraction of sp³-hybridized carbons (Fsp3) is 0.314. The first kappa shape index (κ1) is 53.6. The first-order valence-electron chi connectivity index (χ1n) is 27.7. The van der Waals surface area contributed by atoms with E-state index < -0.39 is 0 Å². The van der Waals surface area contributed by atoms with Gasteiger partial charge >= 0.3 is 0 Å². The van der Waals surface area contributed by atoms with Crippen LogP contribution in [0.3, 0.4) is 0 Å². The lowest BCUT2D eigenvalue weighted by atomic mass is 9.33. The van der Waals surface area contributed by atoms with Crippen LogP contribution in [0.5, 0.6) is 0 Å². The number of fused-ring (bicyclic) bond motifs is 4. The molecular weight excluding hydrogens is 1050 g/mol. The van der Waals surface area contributed by atoms with Crippen LogP contribution in [0.25, 0.3) is 11.1 Å². The summed E-state index contributed by atoms with van der Waals surface area (Å²) in [6.07, 6.45) is 6.06. The highest BCUT2D eigenvalue weighted by atomic mass is 79.9. The zero-order chi connectivity index (χ0) is 54.1. The van der Waals surface area contributed by atoms with Gasteiger partial charge in [-0.1, -0.05) is 208 Å². The van der Waals surface area contributed by atoms with E-state index in [2.05, 4.69) is 300 Å².